The fourth-order valence-corrected chi connectivity index (χ4v) is 3.84. The third-order valence-electron chi connectivity index (χ3n) is 5.01. The molecule has 0 aliphatic carbocycles. The number of carbonyl (C=O) groups excluding carboxylic acids is 2. The molecular formula is C24H18BrNO4. The Hall–Kier alpha value is -3.38. The first-order valence-electron chi connectivity index (χ1n) is 9.27. The minimum absolute atomic E-state index is 0.0439. The van der Waals surface area contributed by atoms with Gasteiger partial charge in [0.2, 0.25) is 0 Å². The number of nitrogens with zero attached hydrogens (tertiary/aromatic N) is 1. The summed E-state index contributed by atoms with van der Waals surface area (Å²) in [5, 5.41) is 11.1. The zero-order valence-electron chi connectivity index (χ0n) is 16.1. The zero-order valence-corrected chi connectivity index (χ0v) is 17.7. The maximum Gasteiger partial charge on any atom is 0.300 e. The molecule has 1 atom stereocenters. The molecule has 1 N–H and O–H groups in total. The van der Waals surface area contributed by atoms with Crippen molar-refractivity contribution in [2.45, 2.75) is 6.04 Å². The monoisotopic (exact) mass is 463 g/mol. The molecule has 1 saturated heterocycles. The lowest BCUT2D eigenvalue weighted by atomic mass is 9.95. The van der Waals surface area contributed by atoms with Gasteiger partial charge in [0, 0.05) is 15.7 Å². The standard InChI is InChI=1S/C24H18BrNO4/c1-30-19-9-5-8-16(14-19)22(27)20-21(15-6-3-2-4-7-15)26(24(29)23(20)28)18-12-10-17(25)11-13-18/h2-14,21,27H,1H3/b22-20-. The van der Waals surface area contributed by atoms with Gasteiger partial charge in [0.15, 0.2) is 0 Å². The lowest BCUT2D eigenvalue weighted by molar-refractivity contribution is -0.132. The van der Waals surface area contributed by atoms with Crippen molar-refractivity contribution >= 4 is 39.1 Å². The van der Waals surface area contributed by atoms with Crippen LogP contribution < -0.4 is 9.64 Å². The SMILES string of the molecule is COc1cccc(/C(O)=C2/C(=O)C(=O)N(c3ccc(Br)cc3)C2c2ccccc2)c1. The maximum atomic E-state index is 13.1. The second kappa shape index (κ2) is 8.16. The number of ether oxygens (including phenoxy) is 1. The van der Waals surface area contributed by atoms with E-state index in [9.17, 15) is 14.7 Å². The summed E-state index contributed by atoms with van der Waals surface area (Å²) in [5.41, 5.74) is 1.74. The van der Waals surface area contributed by atoms with E-state index in [1.807, 2.05) is 30.3 Å². The molecule has 0 radical (unpaired) electrons. The van der Waals surface area contributed by atoms with E-state index in [0.717, 1.165) is 10.0 Å². The Bertz CT molecular complexity index is 1140. The number of benzene rings is 3. The number of amides is 1. The molecule has 1 unspecified atom stereocenters. The minimum atomic E-state index is -0.751. The van der Waals surface area contributed by atoms with E-state index in [4.69, 9.17) is 4.74 Å². The van der Waals surface area contributed by atoms with Gasteiger partial charge in [-0.25, -0.2) is 0 Å². The highest BCUT2D eigenvalue weighted by Crippen LogP contribution is 2.42. The molecule has 0 aromatic heterocycles. The lowest BCUT2D eigenvalue weighted by Crippen LogP contribution is -2.29. The van der Waals surface area contributed by atoms with Crippen LogP contribution in [0.1, 0.15) is 17.2 Å². The predicted octanol–water partition coefficient (Wildman–Crippen LogP) is 5.08. The number of aliphatic hydroxyl groups is 1. The number of aliphatic hydroxyl groups excluding tert-OH is 1. The number of methoxy groups -OCH3 is 1. The van der Waals surface area contributed by atoms with Gasteiger partial charge in [-0.2, -0.15) is 0 Å². The quantitative estimate of drug-likeness (QED) is 0.332. The van der Waals surface area contributed by atoms with Crippen molar-refractivity contribution < 1.29 is 19.4 Å². The number of rotatable bonds is 4. The number of hydrogen-bond donors (Lipinski definition) is 1. The smallest absolute Gasteiger partial charge is 0.300 e. The number of anilines is 1. The van der Waals surface area contributed by atoms with Crippen LogP contribution in [-0.2, 0) is 9.59 Å². The van der Waals surface area contributed by atoms with Gasteiger partial charge < -0.3 is 9.84 Å². The molecule has 1 aliphatic heterocycles. The van der Waals surface area contributed by atoms with Crippen LogP contribution in [0.5, 0.6) is 5.75 Å². The molecule has 0 spiro atoms. The van der Waals surface area contributed by atoms with Crippen LogP contribution >= 0.6 is 15.9 Å². The first-order chi connectivity index (χ1) is 14.5. The summed E-state index contributed by atoms with van der Waals surface area (Å²) >= 11 is 3.39. The topological polar surface area (TPSA) is 66.8 Å². The van der Waals surface area contributed by atoms with Crippen molar-refractivity contribution in [2.75, 3.05) is 12.0 Å². The van der Waals surface area contributed by atoms with Crippen LogP contribution in [0, 0.1) is 0 Å². The average Bonchev–Trinajstić information content (AvgIpc) is 3.05. The van der Waals surface area contributed by atoms with E-state index in [1.165, 1.54) is 12.0 Å². The molecule has 1 aliphatic rings. The third kappa shape index (κ3) is 3.50. The van der Waals surface area contributed by atoms with Crippen LogP contribution in [0.4, 0.5) is 5.69 Å². The van der Waals surface area contributed by atoms with Gasteiger partial charge in [0.1, 0.15) is 11.5 Å². The molecule has 3 aromatic rings. The maximum absolute atomic E-state index is 13.1. The molecule has 30 heavy (non-hydrogen) atoms. The van der Waals surface area contributed by atoms with Gasteiger partial charge in [0.25, 0.3) is 11.7 Å². The Morgan fingerprint density at radius 1 is 0.967 bits per heavy atom. The van der Waals surface area contributed by atoms with E-state index in [0.29, 0.717) is 17.0 Å². The van der Waals surface area contributed by atoms with Gasteiger partial charge in [-0.05, 0) is 42.0 Å². The summed E-state index contributed by atoms with van der Waals surface area (Å²) < 4.78 is 6.09. The number of hydrogen-bond acceptors (Lipinski definition) is 4. The largest absolute Gasteiger partial charge is 0.507 e. The molecule has 1 amide bonds. The first kappa shape index (κ1) is 19.9. The van der Waals surface area contributed by atoms with E-state index >= 15 is 0 Å². The van der Waals surface area contributed by atoms with Crippen molar-refractivity contribution in [1.29, 1.82) is 0 Å². The summed E-state index contributed by atoms with van der Waals surface area (Å²) in [6.45, 7) is 0. The van der Waals surface area contributed by atoms with Crippen LogP contribution in [0.15, 0.2) is 88.9 Å². The molecule has 150 valence electrons. The number of carbonyl (C=O) groups is 2. The van der Waals surface area contributed by atoms with E-state index < -0.39 is 17.7 Å². The van der Waals surface area contributed by atoms with Gasteiger partial charge in [0.05, 0.1) is 18.7 Å². The van der Waals surface area contributed by atoms with Gasteiger partial charge >= 0.3 is 0 Å². The molecule has 5 nitrogen and oxygen atoms in total. The van der Waals surface area contributed by atoms with E-state index in [1.54, 1.807) is 48.5 Å². The van der Waals surface area contributed by atoms with E-state index in [2.05, 4.69) is 15.9 Å². The Labute approximate surface area is 182 Å². The Morgan fingerprint density at radius 2 is 1.67 bits per heavy atom. The number of halogens is 1. The molecule has 6 heteroatoms. The number of ketones is 1. The lowest BCUT2D eigenvalue weighted by Gasteiger charge is -2.25. The van der Waals surface area contributed by atoms with Crippen molar-refractivity contribution in [3.63, 3.8) is 0 Å². The Balaban J connectivity index is 1.93. The van der Waals surface area contributed by atoms with Crippen molar-refractivity contribution in [2.24, 2.45) is 0 Å². The van der Waals surface area contributed by atoms with Gasteiger partial charge in [-0.15, -0.1) is 0 Å². The van der Waals surface area contributed by atoms with Crippen LogP contribution in [0.25, 0.3) is 5.76 Å². The molecular weight excluding hydrogens is 446 g/mol. The second-order valence-electron chi connectivity index (χ2n) is 6.79. The minimum Gasteiger partial charge on any atom is -0.507 e. The summed E-state index contributed by atoms with van der Waals surface area (Å²) in [7, 11) is 1.52. The van der Waals surface area contributed by atoms with Crippen LogP contribution in [0.2, 0.25) is 0 Å². The molecule has 1 heterocycles. The van der Waals surface area contributed by atoms with Gasteiger partial charge in [-0.1, -0.05) is 58.4 Å². The molecule has 4 rings (SSSR count). The van der Waals surface area contributed by atoms with E-state index in [-0.39, 0.29) is 11.3 Å². The second-order valence-corrected chi connectivity index (χ2v) is 7.70. The first-order valence-corrected chi connectivity index (χ1v) is 10.1. The Kier molecular flexibility index (Phi) is 5.42. The highest BCUT2D eigenvalue weighted by molar-refractivity contribution is 9.10. The third-order valence-corrected chi connectivity index (χ3v) is 5.54. The Morgan fingerprint density at radius 3 is 2.33 bits per heavy atom. The van der Waals surface area contributed by atoms with Crippen LogP contribution in [-0.4, -0.2) is 23.9 Å². The van der Waals surface area contributed by atoms with Crippen molar-refractivity contribution in [3.05, 3.63) is 100 Å². The normalized spacial score (nSPS) is 17.9. The molecule has 0 bridgehead atoms. The summed E-state index contributed by atoms with van der Waals surface area (Å²) in [6, 6.07) is 22.3. The average molecular weight is 464 g/mol. The van der Waals surface area contributed by atoms with Gasteiger partial charge in [-0.3, -0.25) is 14.5 Å². The summed E-state index contributed by atoms with van der Waals surface area (Å²) in [6.07, 6.45) is 0. The van der Waals surface area contributed by atoms with Crippen molar-refractivity contribution in [1.82, 2.24) is 0 Å². The molecule has 1 fully saturated rings. The molecule has 0 saturated carbocycles. The predicted molar refractivity (Wildman–Crippen MR) is 118 cm³/mol. The molecule has 3 aromatic carbocycles. The summed E-state index contributed by atoms with van der Waals surface area (Å²) in [5.74, 6) is -1.11. The highest BCUT2D eigenvalue weighted by Gasteiger charge is 2.46. The zero-order chi connectivity index (χ0) is 21.3. The highest BCUT2D eigenvalue weighted by atomic mass is 79.9. The summed E-state index contributed by atoms with van der Waals surface area (Å²) in [4.78, 5) is 27.5. The fourth-order valence-electron chi connectivity index (χ4n) is 3.58. The fraction of sp³-hybridized carbons (Fsp3) is 0.0833. The number of Topliss-reactive ketones (excluding diaryl/α,β-unsaturated/α-hetero) is 1. The van der Waals surface area contributed by atoms with Crippen LogP contribution in [0.3, 0.4) is 0 Å². The van der Waals surface area contributed by atoms with Crippen molar-refractivity contribution in [3.8, 4) is 5.75 Å².